The van der Waals surface area contributed by atoms with Crippen molar-refractivity contribution in [3.63, 3.8) is 0 Å². The van der Waals surface area contributed by atoms with Crippen molar-refractivity contribution in [1.82, 2.24) is 4.90 Å². The Morgan fingerprint density at radius 2 is 2.06 bits per heavy atom. The molecule has 0 fully saturated rings. The van der Waals surface area contributed by atoms with Crippen molar-refractivity contribution in [3.8, 4) is 0 Å². The van der Waals surface area contributed by atoms with Crippen LogP contribution >= 0.6 is 0 Å². The van der Waals surface area contributed by atoms with Crippen molar-refractivity contribution in [2.24, 2.45) is 5.73 Å². The van der Waals surface area contributed by atoms with Gasteiger partial charge in [0.05, 0.1) is 6.54 Å². The Morgan fingerprint density at radius 3 is 2.78 bits per heavy atom. The number of furan rings is 1. The molecule has 0 aliphatic heterocycles. The summed E-state index contributed by atoms with van der Waals surface area (Å²) in [7, 11) is 2.15. The summed E-state index contributed by atoms with van der Waals surface area (Å²) in [6, 6.07) is 8.16. The Kier molecular flexibility index (Phi) is 4.39. The summed E-state index contributed by atoms with van der Waals surface area (Å²) in [6.45, 7) is 4.70. The molecule has 0 atom stereocenters. The van der Waals surface area contributed by atoms with Crippen LogP contribution < -0.4 is 5.73 Å². The van der Waals surface area contributed by atoms with Gasteiger partial charge in [0.25, 0.3) is 0 Å². The van der Waals surface area contributed by atoms with Gasteiger partial charge < -0.3 is 15.1 Å². The molecule has 1 heterocycles. The largest absolute Gasteiger partial charge is 0.459 e. The number of fused-ring (bicyclic) bond motifs is 1. The molecule has 18 heavy (non-hydrogen) atoms. The minimum atomic E-state index is 0.464. The van der Waals surface area contributed by atoms with E-state index in [0.29, 0.717) is 6.54 Å². The summed E-state index contributed by atoms with van der Waals surface area (Å²) >= 11 is 0. The van der Waals surface area contributed by atoms with Gasteiger partial charge in [0, 0.05) is 17.5 Å². The third-order valence-electron chi connectivity index (χ3n) is 3.29. The molecule has 98 valence electrons. The molecule has 3 nitrogen and oxygen atoms in total. The van der Waals surface area contributed by atoms with Crippen molar-refractivity contribution < 1.29 is 4.42 Å². The summed E-state index contributed by atoms with van der Waals surface area (Å²) in [4.78, 5) is 2.33. The molecule has 0 saturated heterocycles. The van der Waals surface area contributed by atoms with E-state index >= 15 is 0 Å². The number of nitrogens with zero attached hydrogens (tertiary/aromatic N) is 1. The highest BCUT2D eigenvalue weighted by Gasteiger charge is 2.13. The molecular weight excluding hydrogens is 224 g/mol. The van der Waals surface area contributed by atoms with E-state index < -0.39 is 0 Å². The molecule has 0 aliphatic carbocycles. The maximum atomic E-state index is 5.80. The second-order valence-electron chi connectivity index (χ2n) is 4.80. The van der Waals surface area contributed by atoms with E-state index in [9.17, 15) is 0 Å². The fraction of sp³-hybridized carbons (Fsp3) is 0.467. The van der Waals surface area contributed by atoms with Gasteiger partial charge >= 0.3 is 0 Å². The lowest BCUT2D eigenvalue weighted by Gasteiger charge is -2.16. The Bertz CT molecular complexity index is 504. The van der Waals surface area contributed by atoms with Crippen molar-refractivity contribution in [2.75, 3.05) is 13.6 Å². The van der Waals surface area contributed by atoms with Gasteiger partial charge in [0.1, 0.15) is 11.3 Å². The quantitative estimate of drug-likeness (QED) is 0.851. The Labute approximate surface area is 109 Å². The molecule has 1 aromatic carbocycles. The van der Waals surface area contributed by atoms with Gasteiger partial charge in [0.15, 0.2) is 0 Å². The van der Waals surface area contributed by atoms with Crippen LogP contribution in [0.4, 0.5) is 0 Å². The zero-order chi connectivity index (χ0) is 13.0. The first-order chi connectivity index (χ1) is 8.76. The predicted octanol–water partition coefficient (Wildman–Crippen LogP) is 3.12. The van der Waals surface area contributed by atoms with Gasteiger partial charge in [-0.15, -0.1) is 0 Å². The minimum Gasteiger partial charge on any atom is -0.459 e. The van der Waals surface area contributed by atoms with E-state index in [1.54, 1.807) is 0 Å². The second-order valence-corrected chi connectivity index (χ2v) is 4.80. The van der Waals surface area contributed by atoms with Crippen molar-refractivity contribution >= 4 is 11.0 Å². The molecule has 0 amide bonds. The zero-order valence-corrected chi connectivity index (χ0v) is 11.3. The third-order valence-corrected chi connectivity index (χ3v) is 3.29. The first-order valence-electron chi connectivity index (χ1n) is 6.64. The Balaban J connectivity index is 2.25. The molecule has 1 aromatic heterocycles. The lowest BCUT2D eigenvalue weighted by Crippen LogP contribution is -2.19. The Hall–Kier alpha value is -1.32. The van der Waals surface area contributed by atoms with E-state index in [0.717, 1.165) is 24.4 Å². The fourth-order valence-electron chi connectivity index (χ4n) is 2.26. The smallest absolute Gasteiger partial charge is 0.134 e. The van der Waals surface area contributed by atoms with Crippen molar-refractivity contribution in [2.45, 2.75) is 32.9 Å². The summed E-state index contributed by atoms with van der Waals surface area (Å²) < 4.78 is 5.80. The van der Waals surface area contributed by atoms with Gasteiger partial charge in [-0.1, -0.05) is 31.5 Å². The van der Waals surface area contributed by atoms with Crippen LogP contribution in [-0.4, -0.2) is 18.5 Å². The van der Waals surface area contributed by atoms with Crippen LogP contribution in [0.15, 0.2) is 28.7 Å². The molecule has 0 saturated carbocycles. The minimum absolute atomic E-state index is 0.464. The SMILES string of the molecule is CCCCN(C)Cc1c(CN)oc2ccccc12. The highest BCUT2D eigenvalue weighted by Crippen LogP contribution is 2.26. The van der Waals surface area contributed by atoms with Crippen LogP contribution in [0.1, 0.15) is 31.1 Å². The highest BCUT2D eigenvalue weighted by molar-refractivity contribution is 5.82. The van der Waals surface area contributed by atoms with Crippen LogP contribution in [0.25, 0.3) is 11.0 Å². The highest BCUT2D eigenvalue weighted by atomic mass is 16.3. The molecule has 0 radical (unpaired) electrons. The topological polar surface area (TPSA) is 42.4 Å². The number of hydrogen-bond donors (Lipinski definition) is 1. The summed E-state index contributed by atoms with van der Waals surface area (Å²) in [6.07, 6.45) is 2.45. The molecule has 2 N–H and O–H groups in total. The third kappa shape index (κ3) is 2.74. The summed E-state index contributed by atoms with van der Waals surface area (Å²) in [5.41, 5.74) is 7.96. The van der Waals surface area contributed by atoms with Gasteiger partial charge in [-0.2, -0.15) is 0 Å². The molecule has 2 rings (SSSR count). The van der Waals surface area contributed by atoms with Crippen LogP contribution in [0.5, 0.6) is 0 Å². The molecule has 0 aliphatic rings. The maximum absolute atomic E-state index is 5.80. The average molecular weight is 246 g/mol. The average Bonchev–Trinajstić information content (AvgIpc) is 2.75. The molecule has 0 bridgehead atoms. The van der Waals surface area contributed by atoms with Gasteiger partial charge in [-0.25, -0.2) is 0 Å². The summed E-state index contributed by atoms with van der Waals surface area (Å²) in [5.74, 6) is 0.916. The first kappa shape index (κ1) is 13.1. The molecule has 3 heteroatoms. The first-order valence-corrected chi connectivity index (χ1v) is 6.64. The predicted molar refractivity (Wildman–Crippen MR) is 75.3 cm³/mol. The second kappa shape index (κ2) is 6.03. The zero-order valence-electron chi connectivity index (χ0n) is 11.3. The van der Waals surface area contributed by atoms with E-state index in [4.69, 9.17) is 10.2 Å². The Morgan fingerprint density at radius 1 is 1.28 bits per heavy atom. The van der Waals surface area contributed by atoms with Crippen molar-refractivity contribution in [3.05, 3.63) is 35.6 Å². The van der Waals surface area contributed by atoms with Crippen molar-refractivity contribution in [1.29, 1.82) is 0 Å². The maximum Gasteiger partial charge on any atom is 0.134 e. The van der Waals surface area contributed by atoms with Crippen LogP contribution in [-0.2, 0) is 13.1 Å². The monoisotopic (exact) mass is 246 g/mol. The molecule has 2 aromatic rings. The van der Waals surface area contributed by atoms with Crippen LogP contribution in [0.2, 0.25) is 0 Å². The fourth-order valence-corrected chi connectivity index (χ4v) is 2.26. The molecule has 0 spiro atoms. The van der Waals surface area contributed by atoms with E-state index in [2.05, 4.69) is 24.9 Å². The van der Waals surface area contributed by atoms with Gasteiger partial charge in [-0.3, -0.25) is 0 Å². The van der Waals surface area contributed by atoms with E-state index in [-0.39, 0.29) is 0 Å². The lowest BCUT2D eigenvalue weighted by molar-refractivity contribution is 0.318. The molecular formula is C15H22N2O. The normalized spacial score (nSPS) is 11.6. The number of unbranched alkanes of at least 4 members (excludes halogenated alkanes) is 1. The lowest BCUT2D eigenvalue weighted by atomic mass is 10.1. The number of para-hydroxylation sites is 1. The summed E-state index contributed by atoms with van der Waals surface area (Å²) in [5, 5.41) is 1.20. The van der Waals surface area contributed by atoms with Crippen LogP contribution in [0, 0.1) is 0 Å². The van der Waals surface area contributed by atoms with E-state index in [1.807, 2.05) is 18.2 Å². The van der Waals surface area contributed by atoms with Gasteiger partial charge in [-0.05, 0) is 26.1 Å². The number of benzene rings is 1. The van der Waals surface area contributed by atoms with Crippen LogP contribution in [0.3, 0.4) is 0 Å². The number of nitrogens with two attached hydrogens (primary N) is 1. The molecule has 0 unspecified atom stereocenters. The number of rotatable bonds is 6. The standard InChI is InChI=1S/C15H22N2O/c1-3-4-9-17(2)11-13-12-7-5-6-8-14(12)18-15(13)10-16/h5-8H,3-4,9-11,16H2,1-2H3. The number of hydrogen-bond acceptors (Lipinski definition) is 3. The van der Waals surface area contributed by atoms with E-state index in [1.165, 1.54) is 23.8 Å². The van der Waals surface area contributed by atoms with Gasteiger partial charge in [0.2, 0.25) is 0 Å².